The normalized spacial score (nSPS) is 11.5. The molecule has 33 heavy (non-hydrogen) atoms. The van der Waals surface area contributed by atoms with E-state index in [1.807, 2.05) is 85.8 Å². The molecule has 1 aromatic heterocycles. The molecule has 0 fully saturated rings. The summed E-state index contributed by atoms with van der Waals surface area (Å²) < 4.78 is 28.6. The number of hydrogen-bond donors (Lipinski definition) is 1. The fourth-order valence-electron chi connectivity index (χ4n) is 3.42. The number of pyridine rings is 1. The summed E-state index contributed by atoms with van der Waals surface area (Å²) in [5, 5.41) is 3.81. The number of sulfonamides is 1. The Morgan fingerprint density at radius 1 is 0.848 bits per heavy atom. The zero-order valence-electron chi connectivity index (χ0n) is 18.1. The standard InChI is InChI=1S/C26H24ClN3O2S/c1-20-12-13-23(27)16-25(20)29-26-15-14-24(17-28-26)33(31,32)30(18-21-8-4-2-5-9-21)19-22-10-6-3-7-11-22/h2-17H,18-19H2,1H3,(H,28,29). The third-order valence-electron chi connectivity index (χ3n) is 5.24. The lowest BCUT2D eigenvalue weighted by Crippen LogP contribution is -2.30. The van der Waals surface area contributed by atoms with Crippen LogP contribution in [0.3, 0.4) is 0 Å². The van der Waals surface area contributed by atoms with Crippen LogP contribution in [0.5, 0.6) is 0 Å². The number of benzene rings is 3. The molecule has 0 saturated carbocycles. The van der Waals surface area contributed by atoms with Gasteiger partial charge < -0.3 is 5.32 Å². The maximum atomic E-state index is 13.6. The molecule has 0 aliphatic heterocycles. The van der Waals surface area contributed by atoms with E-state index in [2.05, 4.69) is 10.3 Å². The van der Waals surface area contributed by atoms with Crippen molar-refractivity contribution in [3.05, 3.63) is 119 Å². The predicted molar refractivity (Wildman–Crippen MR) is 133 cm³/mol. The van der Waals surface area contributed by atoms with Crippen LogP contribution in [0.4, 0.5) is 11.5 Å². The van der Waals surface area contributed by atoms with Crippen LogP contribution in [0.2, 0.25) is 5.02 Å². The summed E-state index contributed by atoms with van der Waals surface area (Å²) in [7, 11) is -3.78. The van der Waals surface area contributed by atoms with E-state index in [1.165, 1.54) is 10.5 Å². The van der Waals surface area contributed by atoms with Crippen LogP contribution in [0.25, 0.3) is 0 Å². The van der Waals surface area contributed by atoms with Crippen LogP contribution in [0.15, 0.2) is 102 Å². The van der Waals surface area contributed by atoms with Gasteiger partial charge in [0, 0.05) is 30.0 Å². The van der Waals surface area contributed by atoms with Crippen molar-refractivity contribution < 1.29 is 8.42 Å². The number of halogens is 1. The monoisotopic (exact) mass is 477 g/mol. The van der Waals surface area contributed by atoms with Crippen molar-refractivity contribution in [1.82, 2.24) is 9.29 Å². The zero-order chi connectivity index (χ0) is 23.3. The zero-order valence-corrected chi connectivity index (χ0v) is 19.7. The van der Waals surface area contributed by atoms with Gasteiger partial charge in [-0.25, -0.2) is 13.4 Å². The van der Waals surface area contributed by atoms with E-state index in [0.717, 1.165) is 22.4 Å². The average molecular weight is 478 g/mol. The molecule has 168 valence electrons. The molecule has 1 N–H and O–H groups in total. The van der Waals surface area contributed by atoms with Crippen LogP contribution in [0.1, 0.15) is 16.7 Å². The van der Waals surface area contributed by atoms with Crippen LogP contribution < -0.4 is 5.32 Å². The van der Waals surface area contributed by atoms with E-state index in [-0.39, 0.29) is 18.0 Å². The van der Waals surface area contributed by atoms with E-state index < -0.39 is 10.0 Å². The molecule has 0 amide bonds. The summed E-state index contributed by atoms with van der Waals surface area (Å²) in [4.78, 5) is 4.49. The number of hydrogen-bond acceptors (Lipinski definition) is 4. The first-order chi connectivity index (χ1) is 15.9. The molecule has 1 heterocycles. The predicted octanol–water partition coefficient (Wildman–Crippen LogP) is 6.18. The molecule has 0 spiro atoms. The minimum absolute atomic E-state index is 0.141. The summed E-state index contributed by atoms with van der Waals surface area (Å²) in [6.07, 6.45) is 1.39. The van der Waals surface area contributed by atoms with Gasteiger partial charge in [-0.15, -0.1) is 0 Å². The van der Waals surface area contributed by atoms with Crippen molar-refractivity contribution in [3.63, 3.8) is 0 Å². The third-order valence-corrected chi connectivity index (χ3v) is 7.25. The number of nitrogens with one attached hydrogen (secondary N) is 1. The third kappa shape index (κ3) is 5.79. The van der Waals surface area contributed by atoms with E-state index in [9.17, 15) is 8.42 Å². The summed E-state index contributed by atoms with van der Waals surface area (Å²) in [6, 6.07) is 27.9. The second-order valence-corrected chi connectivity index (χ2v) is 10.1. The highest BCUT2D eigenvalue weighted by molar-refractivity contribution is 7.89. The van der Waals surface area contributed by atoms with Crippen molar-refractivity contribution >= 4 is 33.1 Å². The van der Waals surface area contributed by atoms with E-state index in [4.69, 9.17) is 11.6 Å². The lowest BCUT2D eigenvalue weighted by atomic mass is 10.2. The molecule has 0 bridgehead atoms. The smallest absolute Gasteiger partial charge is 0.245 e. The molecule has 0 unspecified atom stereocenters. The molecule has 7 heteroatoms. The molecule has 5 nitrogen and oxygen atoms in total. The van der Waals surface area contributed by atoms with Gasteiger partial charge in [0.05, 0.1) is 0 Å². The first-order valence-electron chi connectivity index (χ1n) is 10.5. The highest BCUT2D eigenvalue weighted by atomic mass is 35.5. The minimum Gasteiger partial charge on any atom is -0.340 e. The number of aryl methyl sites for hydroxylation is 1. The largest absolute Gasteiger partial charge is 0.340 e. The van der Waals surface area contributed by atoms with Crippen LogP contribution in [-0.4, -0.2) is 17.7 Å². The summed E-state index contributed by atoms with van der Waals surface area (Å²) in [5.41, 5.74) is 3.66. The molecule has 0 aliphatic carbocycles. The molecule has 0 saturated heterocycles. The topological polar surface area (TPSA) is 62.3 Å². The van der Waals surface area contributed by atoms with E-state index >= 15 is 0 Å². The lowest BCUT2D eigenvalue weighted by molar-refractivity contribution is 0.401. The van der Waals surface area contributed by atoms with Crippen molar-refractivity contribution in [2.75, 3.05) is 5.32 Å². The summed E-state index contributed by atoms with van der Waals surface area (Å²) in [6.45, 7) is 2.49. The van der Waals surface area contributed by atoms with Crippen molar-refractivity contribution in [2.45, 2.75) is 24.9 Å². The van der Waals surface area contributed by atoms with Crippen molar-refractivity contribution in [2.24, 2.45) is 0 Å². The van der Waals surface area contributed by atoms with Gasteiger partial charge in [-0.1, -0.05) is 78.3 Å². The van der Waals surface area contributed by atoms with Crippen LogP contribution in [0, 0.1) is 6.92 Å². The Kier molecular flexibility index (Phi) is 7.08. The maximum Gasteiger partial charge on any atom is 0.245 e. The highest BCUT2D eigenvalue weighted by Crippen LogP contribution is 2.25. The van der Waals surface area contributed by atoms with Crippen molar-refractivity contribution in [3.8, 4) is 0 Å². The van der Waals surface area contributed by atoms with Crippen LogP contribution in [-0.2, 0) is 23.1 Å². The van der Waals surface area contributed by atoms with E-state index in [0.29, 0.717) is 10.8 Å². The van der Waals surface area contributed by atoms with Gasteiger partial charge in [0.15, 0.2) is 0 Å². The van der Waals surface area contributed by atoms with Crippen LogP contribution >= 0.6 is 11.6 Å². The maximum absolute atomic E-state index is 13.6. The second-order valence-electron chi connectivity index (χ2n) is 7.71. The molecule has 0 aliphatic rings. The summed E-state index contributed by atoms with van der Waals surface area (Å²) >= 11 is 6.09. The molecular weight excluding hydrogens is 454 g/mol. The highest BCUT2D eigenvalue weighted by Gasteiger charge is 2.25. The Hall–Kier alpha value is -3.19. The fraction of sp³-hybridized carbons (Fsp3) is 0.115. The van der Waals surface area contributed by atoms with E-state index in [1.54, 1.807) is 12.1 Å². The quantitative estimate of drug-likeness (QED) is 0.329. The van der Waals surface area contributed by atoms with Gasteiger partial charge in [0.25, 0.3) is 0 Å². The molecule has 3 aromatic carbocycles. The lowest BCUT2D eigenvalue weighted by Gasteiger charge is -2.22. The Bertz CT molecular complexity index is 1270. The Morgan fingerprint density at radius 3 is 2.00 bits per heavy atom. The van der Waals surface area contributed by atoms with Gasteiger partial charge >= 0.3 is 0 Å². The Balaban J connectivity index is 1.60. The van der Waals surface area contributed by atoms with Gasteiger partial charge in [-0.2, -0.15) is 4.31 Å². The number of anilines is 2. The minimum atomic E-state index is -3.78. The Labute approximate surface area is 199 Å². The first-order valence-corrected chi connectivity index (χ1v) is 12.3. The van der Waals surface area contributed by atoms with Gasteiger partial charge in [-0.3, -0.25) is 0 Å². The van der Waals surface area contributed by atoms with Gasteiger partial charge in [-0.05, 0) is 47.9 Å². The number of aromatic nitrogens is 1. The van der Waals surface area contributed by atoms with Gasteiger partial charge in [0.2, 0.25) is 10.0 Å². The molecule has 4 aromatic rings. The van der Waals surface area contributed by atoms with Gasteiger partial charge in [0.1, 0.15) is 10.7 Å². The molecule has 0 radical (unpaired) electrons. The average Bonchev–Trinajstić information content (AvgIpc) is 2.83. The van der Waals surface area contributed by atoms with Crippen molar-refractivity contribution in [1.29, 1.82) is 0 Å². The number of nitrogens with zero attached hydrogens (tertiary/aromatic N) is 2. The SMILES string of the molecule is Cc1ccc(Cl)cc1Nc1ccc(S(=O)(=O)N(Cc2ccccc2)Cc2ccccc2)cn1. The number of rotatable bonds is 8. The Morgan fingerprint density at radius 2 is 1.45 bits per heavy atom. The molecule has 0 atom stereocenters. The molecule has 4 rings (SSSR count). The first kappa shape index (κ1) is 23.0. The second kappa shape index (κ2) is 10.2. The fourth-order valence-corrected chi connectivity index (χ4v) is 4.96. The summed E-state index contributed by atoms with van der Waals surface area (Å²) in [5.74, 6) is 0.539. The molecular formula is C26H24ClN3O2S.